The van der Waals surface area contributed by atoms with Crippen LogP contribution in [0, 0.1) is 0 Å². The number of ether oxygens (including phenoxy) is 2. The molecule has 4 heteroatoms. The molecule has 0 spiro atoms. The van der Waals surface area contributed by atoms with Crippen LogP contribution in [0.15, 0.2) is 18.2 Å². The third kappa shape index (κ3) is 1.85. The summed E-state index contributed by atoms with van der Waals surface area (Å²) in [5, 5.41) is 3.32. The molecule has 1 unspecified atom stereocenters. The molecule has 0 radical (unpaired) electrons. The van der Waals surface area contributed by atoms with Crippen LogP contribution in [-0.2, 0) is 0 Å². The normalized spacial score (nSPS) is 19.1. The molecule has 0 saturated heterocycles. The maximum atomic E-state index is 5.82. The predicted octanol–water partition coefficient (Wildman–Crippen LogP) is 1.39. The second-order valence-electron chi connectivity index (χ2n) is 3.75. The highest BCUT2D eigenvalue weighted by atomic mass is 16.5. The lowest BCUT2D eigenvalue weighted by Gasteiger charge is -2.32. The van der Waals surface area contributed by atoms with Gasteiger partial charge in [0.2, 0.25) is 0 Å². The molecule has 0 aliphatic carbocycles. The van der Waals surface area contributed by atoms with Crippen LogP contribution in [0.25, 0.3) is 0 Å². The summed E-state index contributed by atoms with van der Waals surface area (Å²) in [4.78, 5) is 2.04. The van der Waals surface area contributed by atoms with Crippen molar-refractivity contribution in [2.45, 2.75) is 6.23 Å². The fourth-order valence-electron chi connectivity index (χ4n) is 1.62. The minimum absolute atomic E-state index is 0.0737. The van der Waals surface area contributed by atoms with Gasteiger partial charge >= 0.3 is 0 Å². The summed E-state index contributed by atoms with van der Waals surface area (Å²) in [5.41, 5.74) is 0.943. The van der Waals surface area contributed by atoms with Gasteiger partial charge in [-0.05, 0) is 26.2 Å². The molecule has 0 amide bonds. The highest BCUT2D eigenvalue weighted by Gasteiger charge is 2.22. The van der Waals surface area contributed by atoms with Crippen molar-refractivity contribution >= 4 is 5.69 Å². The van der Waals surface area contributed by atoms with Gasteiger partial charge in [0.1, 0.15) is 17.2 Å². The van der Waals surface area contributed by atoms with Crippen LogP contribution in [0.5, 0.6) is 11.5 Å². The molecule has 1 aliphatic rings. The Bertz CT molecular complexity index is 352. The van der Waals surface area contributed by atoms with Gasteiger partial charge in [-0.1, -0.05) is 6.07 Å². The topological polar surface area (TPSA) is 33.7 Å². The van der Waals surface area contributed by atoms with Gasteiger partial charge in [0.25, 0.3) is 0 Å². The van der Waals surface area contributed by atoms with Gasteiger partial charge in [-0.2, -0.15) is 0 Å². The van der Waals surface area contributed by atoms with E-state index in [0.29, 0.717) is 0 Å². The number of hydrogen-bond donors (Lipinski definition) is 1. The number of methoxy groups -OCH3 is 1. The van der Waals surface area contributed by atoms with E-state index in [1.54, 1.807) is 7.11 Å². The summed E-state index contributed by atoms with van der Waals surface area (Å²) >= 11 is 0. The van der Waals surface area contributed by atoms with Crippen LogP contribution in [-0.4, -0.2) is 38.9 Å². The molecule has 1 N–H and O–H groups in total. The number of likely N-dealkylation sites (N-methyl/N-ethyl adjacent to an activating group) is 1. The zero-order valence-electron chi connectivity index (χ0n) is 9.28. The Kier molecular flexibility index (Phi) is 2.68. The maximum absolute atomic E-state index is 5.82. The molecule has 1 heterocycles. The number of hydrogen-bond acceptors (Lipinski definition) is 4. The first-order valence-corrected chi connectivity index (χ1v) is 4.96. The third-order valence-corrected chi connectivity index (χ3v) is 2.50. The van der Waals surface area contributed by atoms with E-state index < -0.39 is 0 Å². The van der Waals surface area contributed by atoms with Crippen LogP contribution >= 0.6 is 0 Å². The first-order chi connectivity index (χ1) is 7.22. The van der Waals surface area contributed by atoms with Crippen LogP contribution in [0.2, 0.25) is 0 Å². The summed E-state index contributed by atoms with van der Waals surface area (Å²) in [6, 6.07) is 5.79. The van der Waals surface area contributed by atoms with Gasteiger partial charge < -0.3 is 14.8 Å². The summed E-state index contributed by atoms with van der Waals surface area (Å²) in [6.45, 7) is 0.764. The van der Waals surface area contributed by atoms with Gasteiger partial charge in [0.15, 0.2) is 6.23 Å². The average molecular weight is 208 g/mol. The lowest BCUT2D eigenvalue weighted by molar-refractivity contribution is 0.0700. The highest BCUT2D eigenvalue weighted by molar-refractivity contribution is 5.67. The average Bonchev–Trinajstić information content (AvgIpc) is 2.27. The van der Waals surface area contributed by atoms with Gasteiger partial charge in [-0.15, -0.1) is 0 Å². The van der Waals surface area contributed by atoms with Gasteiger partial charge in [0.05, 0.1) is 13.7 Å². The first kappa shape index (κ1) is 10.1. The van der Waals surface area contributed by atoms with E-state index in [0.717, 1.165) is 23.7 Å². The van der Waals surface area contributed by atoms with Crippen molar-refractivity contribution in [3.63, 3.8) is 0 Å². The number of benzene rings is 1. The molecule has 82 valence electrons. The summed E-state index contributed by atoms with van der Waals surface area (Å²) < 4.78 is 11.1. The molecule has 0 aromatic heterocycles. The van der Waals surface area contributed by atoms with Crippen molar-refractivity contribution in [1.82, 2.24) is 4.90 Å². The maximum Gasteiger partial charge on any atom is 0.169 e. The fraction of sp³-hybridized carbons (Fsp3) is 0.455. The molecule has 15 heavy (non-hydrogen) atoms. The zero-order chi connectivity index (χ0) is 10.8. The van der Waals surface area contributed by atoms with Crippen molar-refractivity contribution in [2.24, 2.45) is 0 Å². The fourth-order valence-corrected chi connectivity index (χ4v) is 1.62. The second kappa shape index (κ2) is 3.98. The van der Waals surface area contributed by atoms with Crippen molar-refractivity contribution in [3.8, 4) is 11.5 Å². The Morgan fingerprint density at radius 2 is 2.27 bits per heavy atom. The Labute approximate surface area is 89.8 Å². The number of para-hydroxylation sites is 1. The Hall–Kier alpha value is -1.42. The van der Waals surface area contributed by atoms with Crippen molar-refractivity contribution < 1.29 is 9.47 Å². The van der Waals surface area contributed by atoms with Crippen LogP contribution in [0.4, 0.5) is 5.69 Å². The Morgan fingerprint density at radius 1 is 1.47 bits per heavy atom. The van der Waals surface area contributed by atoms with Crippen LogP contribution < -0.4 is 14.8 Å². The van der Waals surface area contributed by atoms with Crippen molar-refractivity contribution in [3.05, 3.63) is 18.2 Å². The molecule has 0 fully saturated rings. The van der Waals surface area contributed by atoms with Gasteiger partial charge in [0, 0.05) is 0 Å². The van der Waals surface area contributed by atoms with E-state index in [4.69, 9.17) is 9.47 Å². The SMILES string of the molecule is COc1cccc2c1NCC(N(C)C)O2. The van der Waals surface area contributed by atoms with E-state index in [-0.39, 0.29) is 6.23 Å². The number of nitrogens with zero attached hydrogens (tertiary/aromatic N) is 1. The standard InChI is InChI=1S/C11H16N2O2/c1-13(2)10-7-12-11-8(14-3)5-4-6-9(11)15-10/h4-6,10,12H,7H2,1-3H3. The van der Waals surface area contributed by atoms with E-state index in [9.17, 15) is 0 Å². The molecule has 2 rings (SSSR count). The number of nitrogens with one attached hydrogen (secondary N) is 1. The third-order valence-electron chi connectivity index (χ3n) is 2.50. The van der Waals surface area contributed by atoms with E-state index in [2.05, 4.69) is 5.32 Å². The van der Waals surface area contributed by atoms with Gasteiger partial charge in [-0.25, -0.2) is 0 Å². The molecule has 1 aromatic rings. The zero-order valence-corrected chi connectivity index (χ0v) is 9.28. The molecule has 4 nitrogen and oxygen atoms in total. The van der Waals surface area contributed by atoms with E-state index in [1.807, 2.05) is 37.2 Å². The van der Waals surface area contributed by atoms with E-state index in [1.165, 1.54) is 0 Å². The van der Waals surface area contributed by atoms with Crippen molar-refractivity contribution in [1.29, 1.82) is 0 Å². The lowest BCUT2D eigenvalue weighted by atomic mass is 10.2. The molecule has 1 aromatic carbocycles. The van der Waals surface area contributed by atoms with Crippen LogP contribution in [0.3, 0.4) is 0 Å². The summed E-state index contributed by atoms with van der Waals surface area (Å²) in [5.74, 6) is 1.67. The molecule has 0 bridgehead atoms. The molecular weight excluding hydrogens is 192 g/mol. The van der Waals surface area contributed by atoms with Crippen molar-refractivity contribution in [2.75, 3.05) is 33.1 Å². The minimum atomic E-state index is 0.0737. The number of anilines is 1. The Balaban J connectivity index is 2.27. The molecule has 1 atom stereocenters. The van der Waals surface area contributed by atoms with Gasteiger partial charge in [-0.3, -0.25) is 4.90 Å². The summed E-state index contributed by atoms with van der Waals surface area (Å²) in [7, 11) is 5.66. The lowest BCUT2D eigenvalue weighted by Crippen LogP contribution is -2.42. The number of fused-ring (bicyclic) bond motifs is 1. The quantitative estimate of drug-likeness (QED) is 0.796. The molecule has 1 aliphatic heterocycles. The highest BCUT2D eigenvalue weighted by Crippen LogP contribution is 2.37. The number of rotatable bonds is 2. The second-order valence-corrected chi connectivity index (χ2v) is 3.75. The van der Waals surface area contributed by atoms with Crippen LogP contribution in [0.1, 0.15) is 0 Å². The monoisotopic (exact) mass is 208 g/mol. The Morgan fingerprint density at radius 3 is 2.93 bits per heavy atom. The smallest absolute Gasteiger partial charge is 0.169 e. The molecule has 0 saturated carbocycles. The first-order valence-electron chi connectivity index (χ1n) is 4.96. The largest absolute Gasteiger partial charge is 0.494 e. The molecular formula is C11H16N2O2. The van der Waals surface area contributed by atoms with E-state index >= 15 is 0 Å². The summed E-state index contributed by atoms with van der Waals surface area (Å²) in [6.07, 6.45) is 0.0737. The predicted molar refractivity (Wildman–Crippen MR) is 59.6 cm³/mol. The minimum Gasteiger partial charge on any atom is -0.494 e.